The first kappa shape index (κ1) is 19.2. The van der Waals surface area contributed by atoms with E-state index in [0.29, 0.717) is 0 Å². The normalized spacial score (nSPS) is 13.6. The van der Waals surface area contributed by atoms with E-state index in [1.165, 1.54) is 11.1 Å². The van der Waals surface area contributed by atoms with Gasteiger partial charge in [0.2, 0.25) is 5.91 Å². The number of carbonyl (C=O) groups excluding carboxylic acids is 1. The Balaban J connectivity index is 1.55. The van der Waals surface area contributed by atoms with Gasteiger partial charge in [0.05, 0.1) is 11.4 Å². The minimum atomic E-state index is 0.124. The predicted molar refractivity (Wildman–Crippen MR) is 118 cm³/mol. The van der Waals surface area contributed by atoms with Crippen molar-refractivity contribution < 1.29 is 4.79 Å². The number of hydrogen-bond donors (Lipinski definition) is 1. The fraction of sp³-hybridized carbons (Fsp3) is 0.280. The number of carbonyl (C=O) groups is 1. The summed E-state index contributed by atoms with van der Waals surface area (Å²) in [5.74, 6) is 1.21. The van der Waals surface area contributed by atoms with Gasteiger partial charge in [0, 0.05) is 19.0 Å². The average Bonchev–Trinajstić information content (AvgIpc) is 2.69. The Morgan fingerprint density at radius 2 is 1.52 bits per heavy atom. The monoisotopic (exact) mass is 385 g/mol. The highest BCUT2D eigenvalue weighted by atomic mass is 16.1. The van der Waals surface area contributed by atoms with E-state index in [2.05, 4.69) is 58.7 Å². The van der Waals surface area contributed by atoms with Crippen LogP contribution in [-0.4, -0.2) is 10.9 Å². The second kappa shape index (κ2) is 8.91. The topological polar surface area (TPSA) is 45.2 Å². The van der Waals surface area contributed by atoms with Crippen LogP contribution in [0.3, 0.4) is 0 Å². The lowest BCUT2D eigenvalue weighted by Crippen LogP contribution is -2.28. The van der Waals surface area contributed by atoms with Crippen molar-refractivity contribution in [2.24, 2.45) is 5.92 Å². The molecule has 1 fully saturated rings. The summed E-state index contributed by atoms with van der Waals surface area (Å²) in [5.41, 5.74) is 4.14. The number of aryl methyl sites for hydroxylation is 1. The minimum Gasteiger partial charge on any atom is -0.348 e. The number of aromatic nitrogens is 1. The molecule has 1 aliphatic rings. The summed E-state index contributed by atoms with van der Waals surface area (Å²) in [6.07, 6.45) is 3.15. The Morgan fingerprint density at radius 1 is 0.931 bits per heavy atom. The zero-order chi connectivity index (χ0) is 20.1. The molecule has 0 unspecified atom stereocenters. The molecule has 0 saturated heterocycles. The molecule has 0 radical (unpaired) electrons. The van der Waals surface area contributed by atoms with Gasteiger partial charge in [0.25, 0.3) is 0 Å². The van der Waals surface area contributed by atoms with E-state index >= 15 is 0 Å². The smallest absolute Gasteiger partial charge is 0.227 e. The molecule has 0 spiro atoms. The van der Waals surface area contributed by atoms with Crippen LogP contribution in [0.2, 0.25) is 0 Å². The first-order chi connectivity index (χ1) is 14.2. The van der Waals surface area contributed by atoms with Crippen LogP contribution in [-0.2, 0) is 17.9 Å². The number of rotatable bonds is 7. The van der Waals surface area contributed by atoms with Crippen molar-refractivity contribution in [1.82, 2.24) is 4.98 Å². The summed E-state index contributed by atoms with van der Waals surface area (Å²) in [6.45, 7) is 3.51. The molecule has 1 aromatic heterocycles. The fourth-order valence-electron chi connectivity index (χ4n) is 3.59. The second-order valence-corrected chi connectivity index (χ2v) is 7.75. The fourth-order valence-corrected chi connectivity index (χ4v) is 3.59. The molecule has 0 bridgehead atoms. The van der Waals surface area contributed by atoms with E-state index in [1.807, 2.05) is 31.2 Å². The minimum absolute atomic E-state index is 0.124. The first-order valence-electron chi connectivity index (χ1n) is 10.3. The molecule has 1 amide bonds. The van der Waals surface area contributed by atoms with Gasteiger partial charge in [-0.05, 0) is 43.0 Å². The van der Waals surface area contributed by atoms with Gasteiger partial charge < -0.3 is 10.2 Å². The third-order valence-electron chi connectivity index (χ3n) is 5.56. The van der Waals surface area contributed by atoms with Crippen molar-refractivity contribution in [3.8, 4) is 0 Å². The van der Waals surface area contributed by atoms with Gasteiger partial charge in [-0.2, -0.15) is 0 Å². The molecule has 148 valence electrons. The summed E-state index contributed by atoms with van der Waals surface area (Å²) in [6, 6.07) is 24.9. The van der Waals surface area contributed by atoms with E-state index in [9.17, 15) is 4.79 Å². The number of pyridine rings is 1. The van der Waals surface area contributed by atoms with Gasteiger partial charge in [-0.3, -0.25) is 4.79 Å². The number of benzene rings is 2. The van der Waals surface area contributed by atoms with E-state index in [1.54, 1.807) is 0 Å². The van der Waals surface area contributed by atoms with Gasteiger partial charge in [0.15, 0.2) is 0 Å². The number of amides is 1. The predicted octanol–water partition coefficient (Wildman–Crippen LogP) is 5.34. The average molecular weight is 386 g/mol. The lowest BCUT2D eigenvalue weighted by Gasteiger charge is -2.26. The van der Waals surface area contributed by atoms with Gasteiger partial charge in [0.1, 0.15) is 5.82 Å². The van der Waals surface area contributed by atoms with Crippen molar-refractivity contribution in [2.75, 3.05) is 10.2 Å². The van der Waals surface area contributed by atoms with Crippen molar-refractivity contribution in [2.45, 2.75) is 39.3 Å². The zero-order valence-corrected chi connectivity index (χ0v) is 16.8. The molecule has 1 saturated carbocycles. The van der Waals surface area contributed by atoms with E-state index < -0.39 is 0 Å². The molecule has 1 aliphatic carbocycles. The van der Waals surface area contributed by atoms with Crippen LogP contribution in [0.4, 0.5) is 11.5 Å². The van der Waals surface area contributed by atoms with Crippen LogP contribution >= 0.6 is 0 Å². The molecule has 29 heavy (non-hydrogen) atoms. The standard InChI is InChI=1S/C25H27N3O/c1-19-23(27-25(29)22-13-8-14-22)15-16-24(26-19)28(17-20-9-4-2-5-10-20)18-21-11-6-3-7-12-21/h2-7,9-12,15-16,22H,8,13-14,17-18H2,1H3,(H,27,29). The summed E-state index contributed by atoms with van der Waals surface area (Å²) >= 11 is 0. The Hall–Kier alpha value is -3.14. The quantitative estimate of drug-likeness (QED) is 0.597. The van der Waals surface area contributed by atoms with Crippen molar-refractivity contribution in [3.05, 3.63) is 89.6 Å². The number of hydrogen-bond acceptors (Lipinski definition) is 3. The molecule has 0 aliphatic heterocycles. The third kappa shape index (κ3) is 4.83. The molecule has 1 heterocycles. The van der Waals surface area contributed by atoms with Crippen molar-refractivity contribution >= 4 is 17.4 Å². The van der Waals surface area contributed by atoms with Crippen LogP contribution in [0.25, 0.3) is 0 Å². The Kier molecular flexibility index (Phi) is 5.89. The summed E-state index contributed by atoms with van der Waals surface area (Å²) < 4.78 is 0. The van der Waals surface area contributed by atoms with Crippen molar-refractivity contribution in [3.63, 3.8) is 0 Å². The second-order valence-electron chi connectivity index (χ2n) is 7.75. The molecule has 4 heteroatoms. The molecule has 4 rings (SSSR count). The van der Waals surface area contributed by atoms with E-state index in [-0.39, 0.29) is 11.8 Å². The number of anilines is 2. The lowest BCUT2D eigenvalue weighted by atomic mass is 9.85. The molecular formula is C25H27N3O. The van der Waals surface area contributed by atoms with Crippen LogP contribution in [0, 0.1) is 12.8 Å². The summed E-state index contributed by atoms with van der Waals surface area (Å²) in [4.78, 5) is 19.4. The van der Waals surface area contributed by atoms with Crippen LogP contribution in [0.1, 0.15) is 36.1 Å². The molecule has 3 aromatic rings. The van der Waals surface area contributed by atoms with Crippen LogP contribution in [0.15, 0.2) is 72.8 Å². The van der Waals surface area contributed by atoms with E-state index in [0.717, 1.165) is 49.6 Å². The summed E-state index contributed by atoms with van der Waals surface area (Å²) in [5, 5.41) is 3.06. The van der Waals surface area contributed by atoms with Crippen LogP contribution in [0.5, 0.6) is 0 Å². The third-order valence-corrected chi connectivity index (χ3v) is 5.56. The van der Waals surface area contributed by atoms with Gasteiger partial charge >= 0.3 is 0 Å². The Bertz CT molecular complexity index is 911. The van der Waals surface area contributed by atoms with E-state index in [4.69, 9.17) is 4.98 Å². The summed E-state index contributed by atoms with van der Waals surface area (Å²) in [7, 11) is 0. The maximum absolute atomic E-state index is 12.3. The molecule has 4 nitrogen and oxygen atoms in total. The number of nitrogens with zero attached hydrogens (tertiary/aromatic N) is 2. The number of nitrogens with one attached hydrogen (secondary N) is 1. The maximum atomic E-state index is 12.3. The highest BCUT2D eigenvalue weighted by Crippen LogP contribution is 2.29. The van der Waals surface area contributed by atoms with Crippen molar-refractivity contribution in [1.29, 1.82) is 0 Å². The SMILES string of the molecule is Cc1nc(N(Cc2ccccc2)Cc2ccccc2)ccc1NC(=O)C1CCC1. The molecular weight excluding hydrogens is 358 g/mol. The Morgan fingerprint density at radius 3 is 2.00 bits per heavy atom. The highest BCUT2D eigenvalue weighted by molar-refractivity contribution is 5.93. The lowest BCUT2D eigenvalue weighted by molar-refractivity contribution is -0.122. The molecule has 1 N–H and O–H groups in total. The highest BCUT2D eigenvalue weighted by Gasteiger charge is 2.25. The van der Waals surface area contributed by atoms with Gasteiger partial charge in [-0.1, -0.05) is 67.1 Å². The maximum Gasteiger partial charge on any atom is 0.227 e. The first-order valence-corrected chi connectivity index (χ1v) is 10.3. The Labute approximate surface area is 172 Å². The molecule has 0 atom stereocenters. The largest absolute Gasteiger partial charge is 0.348 e. The molecule has 2 aromatic carbocycles. The van der Waals surface area contributed by atoms with Gasteiger partial charge in [-0.25, -0.2) is 4.98 Å². The zero-order valence-electron chi connectivity index (χ0n) is 16.8. The van der Waals surface area contributed by atoms with Gasteiger partial charge in [-0.15, -0.1) is 0 Å². The van der Waals surface area contributed by atoms with Crippen LogP contribution < -0.4 is 10.2 Å².